The number of nitrogens with zero attached hydrogens (tertiary/aromatic N) is 4. The van der Waals surface area contributed by atoms with Gasteiger partial charge in [0.1, 0.15) is 23.9 Å². The van der Waals surface area contributed by atoms with Crippen molar-refractivity contribution in [2.75, 3.05) is 4.90 Å². The molecule has 196 valence electrons. The lowest BCUT2D eigenvalue weighted by Gasteiger charge is -2.33. The molecule has 10 heteroatoms. The maximum Gasteiger partial charge on any atom is 0.249 e. The van der Waals surface area contributed by atoms with E-state index in [2.05, 4.69) is 15.6 Å². The molecule has 1 aromatic heterocycles. The summed E-state index contributed by atoms with van der Waals surface area (Å²) in [5.74, 6) is -2.21. The van der Waals surface area contributed by atoms with E-state index in [1.807, 2.05) is 12.1 Å². The van der Waals surface area contributed by atoms with Crippen LogP contribution in [0.5, 0.6) is 11.5 Å². The molecule has 0 radical (unpaired) electrons. The van der Waals surface area contributed by atoms with Crippen LogP contribution < -0.4 is 10.2 Å². The number of phenols is 2. The molecular weight excluding hydrogens is 489 g/mol. The van der Waals surface area contributed by atoms with Gasteiger partial charge < -0.3 is 15.5 Å². The molecule has 0 unspecified atom stereocenters. The zero-order valence-corrected chi connectivity index (χ0v) is 20.6. The Morgan fingerprint density at radius 3 is 2.47 bits per heavy atom. The van der Waals surface area contributed by atoms with Gasteiger partial charge in [-0.05, 0) is 66.9 Å². The zero-order chi connectivity index (χ0) is 26.6. The average Bonchev–Trinajstić information content (AvgIpc) is 3.32. The predicted molar refractivity (Wildman–Crippen MR) is 139 cm³/mol. The van der Waals surface area contributed by atoms with Crippen LogP contribution in [0, 0.1) is 5.82 Å². The number of carbonyl (C=O) groups excluding carboxylic acids is 2. The molecule has 0 saturated heterocycles. The molecule has 0 bridgehead atoms. The van der Waals surface area contributed by atoms with Gasteiger partial charge in [0.25, 0.3) is 0 Å². The Morgan fingerprint density at radius 1 is 1.00 bits per heavy atom. The predicted octanol–water partition coefficient (Wildman–Crippen LogP) is 4.21. The number of halogens is 1. The number of para-hydroxylation sites is 1. The van der Waals surface area contributed by atoms with E-state index in [0.29, 0.717) is 11.0 Å². The van der Waals surface area contributed by atoms with Gasteiger partial charge in [-0.1, -0.05) is 42.7 Å². The van der Waals surface area contributed by atoms with Crippen molar-refractivity contribution in [3.63, 3.8) is 0 Å². The summed E-state index contributed by atoms with van der Waals surface area (Å²) in [6.45, 7) is -0.241. The van der Waals surface area contributed by atoms with Crippen LogP contribution in [0.1, 0.15) is 43.7 Å². The van der Waals surface area contributed by atoms with Crippen molar-refractivity contribution in [3.8, 4) is 11.5 Å². The summed E-state index contributed by atoms with van der Waals surface area (Å²) in [7, 11) is 0. The van der Waals surface area contributed by atoms with Gasteiger partial charge in [-0.3, -0.25) is 14.5 Å². The van der Waals surface area contributed by atoms with Gasteiger partial charge in [-0.15, -0.1) is 5.10 Å². The van der Waals surface area contributed by atoms with Crippen LogP contribution in [-0.2, 0) is 16.1 Å². The number of hydrogen-bond donors (Lipinski definition) is 3. The highest BCUT2D eigenvalue weighted by Crippen LogP contribution is 2.34. The quantitative estimate of drug-likeness (QED) is 0.316. The van der Waals surface area contributed by atoms with Crippen LogP contribution in [0.15, 0.2) is 66.7 Å². The fourth-order valence-electron chi connectivity index (χ4n) is 4.93. The number of hydrogen-bond acceptors (Lipinski definition) is 6. The van der Waals surface area contributed by atoms with Crippen molar-refractivity contribution in [1.82, 2.24) is 20.3 Å². The van der Waals surface area contributed by atoms with E-state index < -0.39 is 29.4 Å². The lowest BCUT2D eigenvalue weighted by molar-refractivity contribution is -0.127. The number of nitrogens with one attached hydrogen (secondary N) is 1. The van der Waals surface area contributed by atoms with Crippen LogP contribution in [0.25, 0.3) is 11.0 Å². The third-order valence-electron chi connectivity index (χ3n) is 6.85. The standard InChI is InChI=1S/C28H28FN5O4/c29-19-11-13-21(14-12-19)34(26(37)17-33-23-9-5-4-8-22(23)31-32-33)27(18-10-15-24(35)25(36)16-18)28(38)30-20-6-2-1-3-7-20/h4-5,8-16,20,27,35-36H,1-3,6-7,17H2,(H,30,38)/t27-/m1/s1. The van der Waals surface area contributed by atoms with E-state index in [1.54, 1.807) is 12.1 Å². The minimum absolute atomic E-state index is 0.0473. The summed E-state index contributed by atoms with van der Waals surface area (Å²) in [6.07, 6.45) is 4.75. The lowest BCUT2D eigenvalue weighted by Crippen LogP contribution is -2.48. The number of carbonyl (C=O) groups is 2. The highest BCUT2D eigenvalue weighted by molar-refractivity contribution is 6.01. The monoisotopic (exact) mass is 517 g/mol. The number of aromatic nitrogens is 3. The molecule has 1 saturated carbocycles. The molecule has 3 aromatic carbocycles. The Bertz CT molecular complexity index is 1450. The fraction of sp³-hybridized carbons (Fsp3) is 0.286. The smallest absolute Gasteiger partial charge is 0.249 e. The Labute approximate surface area is 218 Å². The van der Waals surface area contributed by atoms with Crippen molar-refractivity contribution in [3.05, 3.63) is 78.1 Å². The second-order valence-electron chi connectivity index (χ2n) is 9.47. The summed E-state index contributed by atoms with van der Waals surface area (Å²) in [6, 6.07) is 15.2. The third kappa shape index (κ3) is 5.29. The summed E-state index contributed by atoms with van der Waals surface area (Å²) in [4.78, 5) is 29.1. The molecule has 4 aromatic rings. The second-order valence-corrected chi connectivity index (χ2v) is 9.47. The first-order chi connectivity index (χ1) is 18.4. The topological polar surface area (TPSA) is 121 Å². The number of fused-ring (bicyclic) bond motifs is 1. The van der Waals surface area contributed by atoms with Crippen LogP contribution in [0.3, 0.4) is 0 Å². The van der Waals surface area contributed by atoms with E-state index >= 15 is 0 Å². The molecule has 1 heterocycles. The van der Waals surface area contributed by atoms with Crippen LogP contribution in [0.2, 0.25) is 0 Å². The fourth-order valence-corrected chi connectivity index (χ4v) is 4.93. The summed E-state index contributed by atoms with van der Waals surface area (Å²) < 4.78 is 15.3. The normalized spacial score (nSPS) is 14.8. The van der Waals surface area contributed by atoms with Crippen molar-refractivity contribution in [2.24, 2.45) is 0 Å². The number of phenolic OH excluding ortho intramolecular Hbond substituents is 2. The van der Waals surface area contributed by atoms with Gasteiger partial charge in [0, 0.05) is 11.7 Å². The lowest BCUT2D eigenvalue weighted by atomic mass is 9.94. The van der Waals surface area contributed by atoms with Crippen molar-refractivity contribution < 1.29 is 24.2 Å². The summed E-state index contributed by atoms with van der Waals surface area (Å²) in [5, 5.41) is 31.4. The minimum Gasteiger partial charge on any atom is -0.504 e. The van der Waals surface area contributed by atoms with E-state index in [-0.39, 0.29) is 29.6 Å². The van der Waals surface area contributed by atoms with Gasteiger partial charge in [0.05, 0.1) is 5.52 Å². The van der Waals surface area contributed by atoms with E-state index in [0.717, 1.165) is 32.1 Å². The summed E-state index contributed by atoms with van der Waals surface area (Å²) in [5.41, 5.74) is 1.83. The zero-order valence-electron chi connectivity index (χ0n) is 20.6. The highest BCUT2D eigenvalue weighted by Gasteiger charge is 2.35. The Morgan fingerprint density at radius 2 is 1.74 bits per heavy atom. The van der Waals surface area contributed by atoms with E-state index in [4.69, 9.17) is 0 Å². The van der Waals surface area contributed by atoms with Crippen molar-refractivity contribution in [1.29, 1.82) is 0 Å². The minimum atomic E-state index is -1.21. The molecule has 1 aliphatic carbocycles. The maximum atomic E-state index is 14.0. The highest BCUT2D eigenvalue weighted by atomic mass is 19.1. The number of amides is 2. The molecule has 3 N–H and O–H groups in total. The largest absolute Gasteiger partial charge is 0.504 e. The van der Waals surface area contributed by atoms with Gasteiger partial charge >= 0.3 is 0 Å². The number of anilines is 1. The first-order valence-corrected chi connectivity index (χ1v) is 12.6. The molecule has 9 nitrogen and oxygen atoms in total. The van der Waals surface area contributed by atoms with Gasteiger partial charge in [0.2, 0.25) is 11.8 Å². The first-order valence-electron chi connectivity index (χ1n) is 12.6. The first kappa shape index (κ1) is 25.2. The molecule has 1 fully saturated rings. The number of aromatic hydroxyl groups is 2. The molecule has 0 aliphatic heterocycles. The van der Waals surface area contributed by atoms with Gasteiger partial charge in [-0.25, -0.2) is 9.07 Å². The van der Waals surface area contributed by atoms with Gasteiger partial charge in [-0.2, -0.15) is 0 Å². The molecule has 1 aliphatic rings. The molecule has 5 rings (SSSR count). The summed E-state index contributed by atoms with van der Waals surface area (Å²) >= 11 is 0. The van der Waals surface area contributed by atoms with Crippen LogP contribution in [0.4, 0.5) is 10.1 Å². The van der Waals surface area contributed by atoms with Crippen LogP contribution in [-0.4, -0.2) is 43.1 Å². The number of benzene rings is 3. The number of rotatable bonds is 7. The van der Waals surface area contributed by atoms with E-state index in [1.165, 1.54) is 52.0 Å². The van der Waals surface area contributed by atoms with Crippen molar-refractivity contribution in [2.45, 2.75) is 50.7 Å². The van der Waals surface area contributed by atoms with Gasteiger partial charge in [0.15, 0.2) is 11.5 Å². The third-order valence-corrected chi connectivity index (χ3v) is 6.85. The Kier molecular flexibility index (Phi) is 7.21. The van der Waals surface area contributed by atoms with Crippen LogP contribution >= 0.6 is 0 Å². The molecule has 1 atom stereocenters. The maximum absolute atomic E-state index is 14.0. The Balaban J connectivity index is 1.57. The average molecular weight is 518 g/mol. The molecule has 0 spiro atoms. The molecule has 38 heavy (non-hydrogen) atoms. The van der Waals surface area contributed by atoms with Crippen molar-refractivity contribution >= 4 is 28.5 Å². The molecular formula is C28H28FN5O4. The van der Waals surface area contributed by atoms with E-state index in [9.17, 15) is 24.2 Å². The molecule has 2 amide bonds. The SMILES string of the molecule is O=C(NC1CCCCC1)[C@@H](c1ccc(O)c(O)c1)N(C(=O)Cn1nnc2ccccc21)c1ccc(F)cc1. The Hall–Kier alpha value is -4.47. The second kappa shape index (κ2) is 10.9.